The number of esters is 2. The zero-order valence-electron chi connectivity index (χ0n) is 35.6. The number of ether oxygens (including phenoxy) is 2. The van der Waals surface area contributed by atoms with Crippen LogP contribution < -0.4 is 0 Å². The Morgan fingerprint density at radius 3 is 1.28 bits per heavy atom. The van der Waals surface area contributed by atoms with E-state index in [1.165, 1.54) is 22.3 Å². The van der Waals surface area contributed by atoms with Gasteiger partial charge in [0.25, 0.3) is 0 Å². The average molecular weight is 817 g/mol. The molecule has 10 heteroatoms. The molecule has 0 aromatic heterocycles. The Morgan fingerprint density at radius 1 is 0.567 bits per heavy atom. The van der Waals surface area contributed by atoms with E-state index in [4.69, 9.17) is 9.47 Å². The summed E-state index contributed by atoms with van der Waals surface area (Å²) < 4.78 is 11.5. The molecule has 10 nitrogen and oxygen atoms in total. The van der Waals surface area contributed by atoms with Gasteiger partial charge >= 0.3 is 11.9 Å². The Morgan fingerprint density at radius 2 is 0.917 bits per heavy atom. The lowest BCUT2D eigenvalue weighted by molar-refractivity contribution is -0.168. The molecule has 2 heterocycles. The van der Waals surface area contributed by atoms with Gasteiger partial charge in [-0.15, -0.1) is 0 Å². The molecule has 7 rings (SSSR count). The highest BCUT2D eigenvalue weighted by Gasteiger charge is 2.59. The maximum atomic E-state index is 13.7. The molecule has 2 aliphatic heterocycles. The van der Waals surface area contributed by atoms with Crippen molar-refractivity contribution in [1.29, 1.82) is 0 Å². The Balaban J connectivity index is 0.835. The summed E-state index contributed by atoms with van der Waals surface area (Å²) in [5.74, 6) is -1.31. The van der Waals surface area contributed by atoms with E-state index in [1.54, 1.807) is 0 Å². The first kappa shape index (κ1) is 43.7. The third-order valence-electron chi connectivity index (χ3n) is 13.7. The lowest BCUT2D eigenvalue weighted by Gasteiger charge is -2.40. The molecule has 0 radical (unpaired) electrons. The van der Waals surface area contributed by atoms with Crippen LogP contribution in [0.4, 0.5) is 0 Å². The average Bonchev–Trinajstić information content (AvgIpc) is 3.53. The summed E-state index contributed by atoms with van der Waals surface area (Å²) in [5, 5.41) is 22.0. The van der Waals surface area contributed by atoms with Crippen molar-refractivity contribution in [2.75, 3.05) is 78.7 Å². The van der Waals surface area contributed by atoms with E-state index in [2.05, 4.69) is 117 Å². The zero-order valence-corrected chi connectivity index (χ0v) is 35.6. The summed E-state index contributed by atoms with van der Waals surface area (Å²) in [6, 6.07) is 42.7. The number of β-amino-alcohol motifs (C(OH)–C–C–N with tert-alkyl or cyclic N) is 2. The van der Waals surface area contributed by atoms with E-state index < -0.39 is 40.9 Å². The molecule has 3 fully saturated rings. The summed E-state index contributed by atoms with van der Waals surface area (Å²) >= 11 is 0. The van der Waals surface area contributed by atoms with Crippen LogP contribution in [-0.4, -0.2) is 133 Å². The number of rotatable bonds is 16. The number of benzene rings is 4. The van der Waals surface area contributed by atoms with Gasteiger partial charge in [-0.25, -0.2) is 0 Å². The number of carbonyl (C=O) groups excluding carboxylic acids is 2. The van der Waals surface area contributed by atoms with E-state index in [0.717, 1.165) is 52.4 Å². The zero-order chi connectivity index (χ0) is 42.1. The molecule has 2 N–H and O–H groups in total. The van der Waals surface area contributed by atoms with E-state index in [0.29, 0.717) is 25.9 Å². The molecule has 4 atom stereocenters. The van der Waals surface area contributed by atoms with Crippen LogP contribution >= 0.6 is 0 Å². The monoisotopic (exact) mass is 816 g/mol. The first-order valence-electron chi connectivity index (χ1n) is 21.9. The minimum Gasteiger partial charge on any atom is -0.463 e. The van der Waals surface area contributed by atoms with Gasteiger partial charge in [0.2, 0.25) is 0 Å². The van der Waals surface area contributed by atoms with Gasteiger partial charge in [-0.1, -0.05) is 135 Å². The predicted molar refractivity (Wildman–Crippen MR) is 234 cm³/mol. The lowest BCUT2D eigenvalue weighted by Crippen LogP contribution is -2.50. The Bertz CT molecular complexity index is 1860. The molecule has 1 aliphatic carbocycles. The number of piperazine rings is 2. The summed E-state index contributed by atoms with van der Waals surface area (Å²) in [4.78, 5) is 36.7. The van der Waals surface area contributed by atoms with Crippen LogP contribution in [0.1, 0.15) is 68.0 Å². The summed E-state index contributed by atoms with van der Waals surface area (Å²) in [7, 11) is 0. The topological polar surface area (TPSA) is 106 Å². The van der Waals surface area contributed by atoms with Crippen LogP contribution in [0.5, 0.6) is 0 Å². The number of nitrogens with zero attached hydrogens (tertiary/aromatic N) is 4. The molecule has 0 spiro atoms. The molecule has 4 aromatic carbocycles. The second-order valence-corrected chi connectivity index (χ2v) is 17.8. The number of carbonyl (C=O) groups is 2. The van der Waals surface area contributed by atoms with Crippen LogP contribution in [-0.2, 0) is 19.1 Å². The van der Waals surface area contributed by atoms with Crippen LogP contribution in [0, 0.1) is 16.7 Å². The number of aliphatic hydroxyl groups excluding tert-OH is 2. The highest BCUT2D eigenvalue weighted by molar-refractivity contribution is 5.82. The smallest absolute Gasteiger partial charge is 0.312 e. The van der Waals surface area contributed by atoms with Crippen LogP contribution in [0.15, 0.2) is 121 Å². The quantitative estimate of drug-likeness (QED) is 0.130. The fourth-order valence-electron chi connectivity index (χ4n) is 9.77. The van der Waals surface area contributed by atoms with Gasteiger partial charge < -0.3 is 19.7 Å². The maximum Gasteiger partial charge on any atom is 0.312 e. The second kappa shape index (κ2) is 20.0. The van der Waals surface area contributed by atoms with Crippen molar-refractivity contribution in [2.45, 2.75) is 57.9 Å². The number of hydrogen-bond donors (Lipinski definition) is 2. The second-order valence-electron chi connectivity index (χ2n) is 17.8. The Kier molecular flexibility index (Phi) is 14.5. The van der Waals surface area contributed by atoms with Gasteiger partial charge in [0.15, 0.2) is 0 Å². The van der Waals surface area contributed by atoms with Crippen molar-refractivity contribution in [1.82, 2.24) is 19.6 Å². The van der Waals surface area contributed by atoms with Crippen molar-refractivity contribution in [3.63, 3.8) is 0 Å². The largest absolute Gasteiger partial charge is 0.463 e. The Hall–Kier alpha value is -4.42. The van der Waals surface area contributed by atoms with Crippen molar-refractivity contribution in [3.05, 3.63) is 144 Å². The number of hydrogen-bond acceptors (Lipinski definition) is 10. The molecule has 60 heavy (non-hydrogen) atoms. The molecule has 4 unspecified atom stereocenters. The Labute approximate surface area is 356 Å². The molecule has 2 saturated heterocycles. The highest BCUT2D eigenvalue weighted by Crippen LogP contribution is 2.57. The van der Waals surface area contributed by atoms with Gasteiger partial charge in [-0.2, -0.15) is 0 Å². The lowest BCUT2D eigenvalue weighted by atomic mass is 9.65. The minimum absolute atomic E-state index is 0.0942. The molecular formula is C50H64N4O6. The van der Waals surface area contributed by atoms with Gasteiger partial charge in [-0.05, 0) is 47.4 Å². The van der Waals surface area contributed by atoms with E-state index >= 15 is 0 Å². The number of aliphatic hydroxyl groups is 2. The van der Waals surface area contributed by atoms with E-state index in [1.807, 2.05) is 45.0 Å². The van der Waals surface area contributed by atoms with E-state index in [9.17, 15) is 19.8 Å². The summed E-state index contributed by atoms with van der Waals surface area (Å²) in [6.45, 7) is 12.9. The summed E-state index contributed by atoms with van der Waals surface area (Å²) in [5.41, 5.74) is 3.38. The SMILES string of the molecule is CC1(C(=O)OCC(O)CN2CCN(C(c3ccccc3)c3ccccc3)CC2)CCC(C(=O)OCC(O)CN2CCN(C(c3ccccc3)c3ccccc3)CC2)C1(C)C. The molecular weight excluding hydrogens is 753 g/mol. The maximum absolute atomic E-state index is 13.7. The highest BCUT2D eigenvalue weighted by atomic mass is 16.5. The van der Waals surface area contributed by atoms with Crippen molar-refractivity contribution >= 4 is 11.9 Å². The van der Waals surface area contributed by atoms with Crippen LogP contribution in [0.2, 0.25) is 0 Å². The summed E-state index contributed by atoms with van der Waals surface area (Å²) in [6.07, 6.45) is -0.689. The van der Waals surface area contributed by atoms with Crippen LogP contribution in [0.25, 0.3) is 0 Å². The normalized spacial score (nSPS) is 22.8. The van der Waals surface area contributed by atoms with E-state index in [-0.39, 0.29) is 25.3 Å². The van der Waals surface area contributed by atoms with Crippen molar-refractivity contribution in [3.8, 4) is 0 Å². The molecule has 0 bridgehead atoms. The van der Waals surface area contributed by atoms with Crippen molar-refractivity contribution in [2.24, 2.45) is 16.7 Å². The van der Waals surface area contributed by atoms with Gasteiger partial charge in [0, 0.05) is 65.4 Å². The van der Waals surface area contributed by atoms with Crippen molar-refractivity contribution < 1.29 is 29.3 Å². The molecule has 1 saturated carbocycles. The molecule has 3 aliphatic rings. The first-order chi connectivity index (χ1) is 29.0. The van der Waals surface area contributed by atoms with Gasteiger partial charge in [-0.3, -0.25) is 29.2 Å². The third kappa shape index (κ3) is 10.2. The van der Waals surface area contributed by atoms with Gasteiger partial charge in [0.1, 0.15) is 25.4 Å². The van der Waals surface area contributed by atoms with Crippen LogP contribution in [0.3, 0.4) is 0 Å². The fourth-order valence-corrected chi connectivity index (χ4v) is 9.77. The fraction of sp³-hybridized carbons (Fsp3) is 0.480. The van der Waals surface area contributed by atoms with Gasteiger partial charge in [0.05, 0.1) is 23.4 Å². The standard InChI is InChI=1S/C50H64N4O6/c1-49(2)44(47(57)59-36-42(55)34-51-26-30-53(31-27-51)45(38-16-8-4-9-17-38)39-18-10-5-11-19-39)24-25-50(49,3)48(58)60-37-43(56)35-52-28-32-54(33-29-52)46(40-20-12-6-13-21-40)41-22-14-7-15-23-41/h4-23,42-46,55-56H,24-37H2,1-3H3. The molecule has 0 amide bonds. The first-order valence-corrected chi connectivity index (χ1v) is 21.9. The molecule has 320 valence electrons. The minimum atomic E-state index is -0.929. The third-order valence-corrected chi connectivity index (χ3v) is 13.7. The molecule has 4 aromatic rings. The predicted octanol–water partition coefficient (Wildman–Crippen LogP) is 6.05.